The molecule has 2 aromatic rings. The average molecular weight is 299 g/mol. The van der Waals surface area contributed by atoms with E-state index in [0.717, 1.165) is 27.3 Å². The third-order valence-corrected chi connectivity index (χ3v) is 4.05. The first-order valence-corrected chi connectivity index (χ1v) is 7.41. The zero-order valence-electron chi connectivity index (χ0n) is 12.3. The van der Waals surface area contributed by atoms with Gasteiger partial charge in [-0.15, -0.1) is 11.3 Å². The number of benzene rings is 1. The van der Waals surface area contributed by atoms with Gasteiger partial charge in [-0.05, 0) is 55.7 Å². The van der Waals surface area contributed by atoms with Crippen molar-refractivity contribution in [3.8, 4) is 11.8 Å². The van der Waals surface area contributed by atoms with Crippen molar-refractivity contribution >= 4 is 22.9 Å². The highest BCUT2D eigenvalue weighted by atomic mass is 32.1. The standard InChI is InChI=1S/C17H17NO2S/c1-11-7-12(2)9-14(8-11)18-17(20)16-10-13(3)15(21-16)5-4-6-19/h7-10,19H,6H2,1-3H3,(H,18,20). The first kappa shape index (κ1) is 15.3. The Morgan fingerprint density at radius 1 is 1.19 bits per heavy atom. The number of hydrogen-bond donors (Lipinski definition) is 2. The summed E-state index contributed by atoms with van der Waals surface area (Å²) in [5, 5.41) is 11.6. The maximum atomic E-state index is 12.3. The molecule has 0 aliphatic carbocycles. The summed E-state index contributed by atoms with van der Waals surface area (Å²) < 4.78 is 0. The van der Waals surface area contributed by atoms with Gasteiger partial charge in [0.2, 0.25) is 0 Å². The van der Waals surface area contributed by atoms with Gasteiger partial charge in [-0.1, -0.05) is 17.9 Å². The van der Waals surface area contributed by atoms with E-state index in [-0.39, 0.29) is 12.5 Å². The lowest BCUT2D eigenvalue weighted by molar-refractivity contribution is 0.103. The van der Waals surface area contributed by atoms with E-state index >= 15 is 0 Å². The number of carbonyl (C=O) groups excluding carboxylic acids is 1. The third kappa shape index (κ3) is 3.94. The molecule has 1 amide bonds. The quantitative estimate of drug-likeness (QED) is 0.836. The van der Waals surface area contributed by atoms with E-state index < -0.39 is 0 Å². The van der Waals surface area contributed by atoms with E-state index in [1.165, 1.54) is 11.3 Å². The Labute approximate surface area is 128 Å². The van der Waals surface area contributed by atoms with Crippen LogP contribution >= 0.6 is 11.3 Å². The molecule has 1 heterocycles. The summed E-state index contributed by atoms with van der Waals surface area (Å²) in [6.07, 6.45) is 0. The zero-order valence-corrected chi connectivity index (χ0v) is 13.1. The molecule has 0 unspecified atom stereocenters. The second-order valence-electron chi connectivity index (χ2n) is 4.91. The fraction of sp³-hybridized carbons (Fsp3) is 0.235. The van der Waals surface area contributed by atoms with Crippen LogP contribution < -0.4 is 5.32 Å². The largest absolute Gasteiger partial charge is 0.384 e. The molecule has 0 aliphatic heterocycles. The average Bonchev–Trinajstić information content (AvgIpc) is 2.76. The molecule has 0 aliphatic rings. The molecule has 1 aromatic heterocycles. The van der Waals surface area contributed by atoms with Crippen molar-refractivity contribution in [1.29, 1.82) is 0 Å². The van der Waals surface area contributed by atoms with Crippen LogP contribution in [0.3, 0.4) is 0 Å². The lowest BCUT2D eigenvalue weighted by Crippen LogP contribution is -2.10. The van der Waals surface area contributed by atoms with Gasteiger partial charge in [0.15, 0.2) is 0 Å². The van der Waals surface area contributed by atoms with E-state index in [1.807, 2.05) is 39.0 Å². The molecule has 3 nitrogen and oxygen atoms in total. The number of hydrogen-bond acceptors (Lipinski definition) is 3. The summed E-state index contributed by atoms with van der Waals surface area (Å²) in [5.41, 5.74) is 3.97. The Morgan fingerprint density at radius 3 is 2.48 bits per heavy atom. The Balaban J connectivity index is 2.20. The van der Waals surface area contributed by atoms with Gasteiger partial charge in [-0.25, -0.2) is 0 Å². The minimum Gasteiger partial charge on any atom is -0.384 e. The molecule has 108 valence electrons. The Morgan fingerprint density at radius 2 is 1.86 bits per heavy atom. The zero-order chi connectivity index (χ0) is 15.4. The van der Waals surface area contributed by atoms with Gasteiger partial charge in [0.05, 0.1) is 9.75 Å². The van der Waals surface area contributed by atoms with E-state index in [9.17, 15) is 4.79 Å². The summed E-state index contributed by atoms with van der Waals surface area (Å²) in [5.74, 6) is 5.33. The van der Waals surface area contributed by atoms with Crippen molar-refractivity contribution in [2.24, 2.45) is 0 Å². The Bertz CT molecular complexity index is 715. The summed E-state index contributed by atoms with van der Waals surface area (Å²) >= 11 is 1.34. The van der Waals surface area contributed by atoms with E-state index in [1.54, 1.807) is 0 Å². The van der Waals surface area contributed by atoms with Crippen LogP contribution in [0.15, 0.2) is 24.3 Å². The minimum absolute atomic E-state index is 0.134. The molecule has 0 saturated heterocycles. The molecule has 0 spiro atoms. The van der Waals surface area contributed by atoms with E-state index in [0.29, 0.717) is 4.88 Å². The normalized spacial score (nSPS) is 9.90. The number of anilines is 1. The molecule has 0 atom stereocenters. The second-order valence-corrected chi connectivity index (χ2v) is 5.97. The molecular formula is C17H17NO2S. The molecule has 0 fully saturated rings. The monoisotopic (exact) mass is 299 g/mol. The van der Waals surface area contributed by atoms with Gasteiger partial charge in [-0.2, -0.15) is 0 Å². The van der Waals surface area contributed by atoms with Crippen LogP contribution in [0, 0.1) is 32.6 Å². The highest BCUT2D eigenvalue weighted by Crippen LogP contribution is 2.22. The smallest absolute Gasteiger partial charge is 0.265 e. The highest BCUT2D eigenvalue weighted by molar-refractivity contribution is 7.14. The predicted octanol–water partition coefficient (Wildman–Crippen LogP) is 3.27. The fourth-order valence-corrected chi connectivity index (χ4v) is 3.02. The lowest BCUT2D eigenvalue weighted by Gasteiger charge is -2.06. The lowest BCUT2D eigenvalue weighted by atomic mass is 10.1. The number of thiophene rings is 1. The number of carbonyl (C=O) groups is 1. The van der Waals surface area contributed by atoms with Crippen LogP contribution in [0.2, 0.25) is 0 Å². The number of aliphatic hydroxyl groups excluding tert-OH is 1. The maximum Gasteiger partial charge on any atom is 0.265 e. The molecule has 1 aromatic carbocycles. The van der Waals surface area contributed by atoms with Crippen LogP contribution in [-0.2, 0) is 0 Å². The number of aliphatic hydroxyl groups is 1. The Kier molecular flexibility index (Phi) is 4.79. The minimum atomic E-state index is -0.179. The van der Waals surface area contributed by atoms with Crippen molar-refractivity contribution in [2.75, 3.05) is 11.9 Å². The molecule has 2 N–H and O–H groups in total. The van der Waals surface area contributed by atoms with Gasteiger partial charge < -0.3 is 10.4 Å². The SMILES string of the molecule is Cc1cc(C)cc(NC(=O)c2cc(C)c(C#CCO)s2)c1. The summed E-state index contributed by atoms with van der Waals surface area (Å²) in [6, 6.07) is 7.77. The molecule has 2 rings (SSSR count). The van der Waals surface area contributed by atoms with Crippen molar-refractivity contribution in [3.63, 3.8) is 0 Å². The van der Waals surface area contributed by atoms with Gasteiger partial charge >= 0.3 is 0 Å². The topological polar surface area (TPSA) is 49.3 Å². The van der Waals surface area contributed by atoms with E-state index in [2.05, 4.69) is 23.2 Å². The van der Waals surface area contributed by atoms with Crippen LogP contribution in [0.25, 0.3) is 0 Å². The Hall–Kier alpha value is -2.09. The van der Waals surface area contributed by atoms with Crippen molar-refractivity contribution in [3.05, 3.63) is 50.7 Å². The summed E-state index contributed by atoms with van der Waals surface area (Å²) in [4.78, 5) is 13.7. The molecule has 0 saturated carbocycles. The first-order valence-electron chi connectivity index (χ1n) is 6.59. The maximum absolute atomic E-state index is 12.3. The molecule has 0 bridgehead atoms. The fourth-order valence-electron chi connectivity index (χ4n) is 2.08. The van der Waals surface area contributed by atoms with Gasteiger partial charge in [0, 0.05) is 5.69 Å². The predicted molar refractivity (Wildman–Crippen MR) is 86.9 cm³/mol. The van der Waals surface area contributed by atoms with Crippen LogP contribution in [0.5, 0.6) is 0 Å². The van der Waals surface area contributed by atoms with Crippen molar-refractivity contribution < 1.29 is 9.90 Å². The molecule has 0 radical (unpaired) electrons. The molecular weight excluding hydrogens is 282 g/mol. The molecule has 4 heteroatoms. The number of nitrogens with one attached hydrogen (secondary N) is 1. The number of aryl methyl sites for hydroxylation is 3. The van der Waals surface area contributed by atoms with Gasteiger partial charge in [0.1, 0.15) is 6.61 Å². The second kappa shape index (κ2) is 6.57. The van der Waals surface area contributed by atoms with Gasteiger partial charge in [-0.3, -0.25) is 4.79 Å². The third-order valence-electron chi connectivity index (χ3n) is 2.90. The molecule has 21 heavy (non-hydrogen) atoms. The summed E-state index contributed by atoms with van der Waals surface area (Å²) in [6.45, 7) is 5.73. The van der Waals surface area contributed by atoms with Crippen LogP contribution in [-0.4, -0.2) is 17.6 Å². The van der Waals surface area contributed by atoms with E-state index in [4.69, 9.17) is 5.11 Å². The highest BCUT2D eigenvalue weighted by Gasteiger charge is 2.12. The number of rotatable bonds is 2. The summed E-state index contributed by atoms with van der Waals surface area (Å²) in [7, 11) is 0. The first-order chi connectivity index (χ1) is 9.99. The van der Waals surface area contributed by atoms with Crippen molar-refractivity contribution in [1.82, 2.24) is 0 Å². The van der Waals surface area contributed by atoms with Crippen LogP contribution in [0.4, 0.5) is 5.69 Å². The van der Waals surface area contributed by atoms with Crippen LogP contribution in [0.1, 0.15) is 31.2 Å². The number of amides is 1. The van der Waals surface area contributed by atoms with Crippen molar-refractivity contribution in [2.45, 2.75) is 20.8 Å². The van der Waals surface area contributed by atoms with Gasteiger partial charge in [0.25, 0.3) is 5.91 Å².